The van der Waals surface area contributed by atoms with Crippen LogP contribution in [0.5, 0.6) is 0 Å². The zero-order valence-electron chi connectivity index (χ0n) is 22.1. The molecule has 0 saturated carbocycles. The molecule has 0 radical (unpaired) electrons. The third-order valence-electron chi connectivity index (χ3n) is 7.07. The van der Waals surface area contributed by atoms with Crippen molar-refractivity contribution < 1.29 is 22.8 Å². The molecule has 2 aromatic carbocycles. The molecule has 1 saturated heterocycles. The van der Waals surface area contributed by atoms with E-state index in [1.54, 1.807) is 29.2 Å². The number of para-hydroxylation sites is 2. The number of carbonyl (C=O) groups is 3. The first-order chi connectivity index (χ1) is 18.7. The van der Waals surface area contributed by atoms with E-state index in [1.807, 2.05) is 31.2 Å². The number of benzene rings is 2. The van der Waals surface area contributed by atoms with Crippen LogP contribution < -0.4 is 14.9 Å². The van der Waals surface area contributed by atoms with Gasteiger partial charge in [-0.1, -0.05) is 44.0 Å². The van der Waals surface area contributed by atoms with E-state index < -0.39 is 40.3 Å². The van der Waals surface area contributed by atoms with Crippen molar-refractivity contribution in [2.24, 2.45) is 0 Å². The molecule has 2 aliphatic heterocycles. The number of carbonyl (C=O) groups excluding carboxylic acids is 3. The average molecular weight is 667 g/mol. The van der Waals surface area contributed by atoms with Gasteiger partial charge in [0.05, 0.1) is 23.5 Å². The molecule has 11 heteroatoms. The van der Waals surface area contributed by atoms with Crippen LogP contribution in [0.25, 0.3) is 0 Å². The van der Waals surface area contributed by atoms with Crippen molar-refractivity contribution in [3.63, 3.8) is 0 Å². The SMILES string of the molecule is CCCCCS(=O)(=O)N1c2ccccc2NC(=O)C1CC(=O)N[C@H](Cc1ccc(I)cc1)C(=O)N1CCCC1. The molecule has 0 aliphatic carbocycles. The Kier molecular flexibility index (Phi) is 9.86. The number of rotatable bonds is 11. The highest BCUT2D eigenvalue weighted by Crippen LogP contribution is 2.35. The van der Waals surface area contributed by atoms with Gasteiger partial charge in [0.2, 0.25) is 27.7 Å². The van der Waals surface area contributed by atoms with Crippen molar-refractivity contribution >= 4 is 61.7 Å². The van der Waals surface area contributed by atoms with E-state index in [1.165, 1.54) is 0 Å². The minimum absolute atomic E-state index is 0.122. The zero-order valence-corrected chi connectivity index (χ0v) is 25.0. The van der Waals surface area contributed by atoms with Crippen LogP contribution in [-0.2, 0) is 30.8 Å². The predicted octanol–water partition coefficient (Wildman–Crippen LogP) is 3.68. The molecule has 0 bridgehead atoms. The molecule has 0 aromatic heterocycles. The van der Waals surface area contributed by atoms with E-state index in [0.717, 1.165) is 39.1 Å². The van der Waals surface area contributed by atoms with Crippen LogP contribution in [0.15, 0.2) is 48.5 Å². The summed E-state index contributed by atoms with van der Waals surface area (Å²) in [6.45, 7) is 3.27. The second-order valence-electron chi connectivity index (χ2n) is 10.0. The topological polar surface area (TPSA) is 116 Å². The Bertz CT molecular complexity index is 1300. The predicted molar refractivity (Wildman–Crippen MR) is 160 cm³/mol. The molecule has 1 unspecified atom stereocenters. The van der Waals surface area contributed by atoms with Gasteiger partial charge in [-0.3, -0.25) is 18.7 Å². The van der Waals surface area contributed by atoms with E-state index in [0.29, 0.717) is 37.3 Å². The summed E-state index contributed by atoms with van der Waals surface area (Å²) in [6.07, 6.45) is 3.79. The standard InChI is InChI=1S/C28H35IN4O5S/c1-2-3-8-17-39(37,38)33-24-10-5-4-9-22(24)31-27(35)25(33)19-26(34)30-23(28(36)32-15-6-7-16-32)18-20-11-13-21(29)14-12-20/h4-5,9-14,23,25H,2-3,6-8,15-19H2,1H3,(H,30,34)(H,31,35)/t23-,25?/m1/s1. The van der Waals surface area contributed by atoms with Crippen molar-refractivity contribution in [1.29, 1.82) is 0 Å². The van der Waals surface area contributed by atoms with Gasteiger partial charge in [0.15, 0.2) is 0 Å². The lowest BCUT2D eigenvalue weighted by atomic mass is 10.0. The van der Waals surface area contributed by atoms with Crippen LogP contribution in [0.3, 0.4) is 0 Å². The minimum Gasteiger partial charge on any atom is -0.344 e. The second kappa shape index (κ2) is 13.1. The van der Waals surface area contributed by atoms with Crippen molar-refractivity contribution in [3.8, 4) is 0 Å². The minimum atomic E-state index is -3.89. The highest BCUT2D eigenvalue weighted by molar-refractivity contribution is 14.1. The number of hydrogen-bond donors (Lipinski definition) is 2. The normalized spacial score (nSPS) is 17.9. The van der Waals surface area contributed by atoms with Gasteiger partial charge in [-0.2, -0.15) is 0 Å². The Morgan fingerprint density at radius 2 is 1.77 bits per heavy atom. The lowest BCUT2D eigenvalue weighted by molar-refractivity contribution is -0.135. The van der Waals surface area contributed by atoms with Crippen LogP contribution in [0.2, 0.25) is 0 Å². The summed E-state index contributed by atoms with van der Waals surface area (Å²) in [5, 5.41) is 5.59. The molecule has 1 fully saturated rings. The van der Waals surface area contributed by atoms with Gasteiger partial charge in [-0.05, 0) is 71.7 Å². The van der Waals surface area contributed by atoms with Crippen molar-refractivity contribution in [1.82, 2.24) is 10.2 Å². The fourth-order valence-corrected chi connectivity index (χ4v) is 7.20. The second-order valence-corrected chi connectivity index (χ2v) is 13.2. The van der Waals surface area contributed by atoms with Gasteiger partial charge in [0.25, 0.3) is 0 Å². The number of unbranched alkanes of at least 4 members (excludes halogenated alkanes) is 2. The Morgan fingerprint density at radius 1 is 1.08 bits per heavy atom. The largest absolute Gasteiger partial charge is 0.344 e. The maximum Gasteiger partial charge on any atom is 0.248 e. The molecular formula is C28H35IN4O5S. The lowest BCUT2D eigenvalue weighted by Gasteiger charge is -2.37. The Hall–Kier alpha value is -2.67. The molecule has 2 N–H and O–H groups in total. The quantitative estimate of drug-likeness (QED) is 0.281. The van der Waals surface area contributed by atoms with Crippen LogP contribution in [0.1, 0.15) is 51.0 Å². The summed E-state index contributed by atoms with van der Waals surface area (Å²) < 4.78 is 29.1. The number of halogens is 1. The third-order valence-corrected chi connectivity index (χ3v) is 9.65. The third kappa shape index (κ3) is 7.30. The number of sulfonamides is 1. The molecular weight excluding hydrogens is 631 g/mol. The summed E-state index contributed by atoms with van der Waals surface area (Å²) in [7, 11) is -3.89. The first-order valence-electron chi connectivity index (χ1n) is 13.4. The summed E-state index contributed by atoms with van der Waals surface area (Å²) in [4.78, 5) is 41.7. The van der Waals surface area contributed by atoms with Crippen LogP contribution >= 0.6 is 22.6 Å². The van der Waals surface area contributed by atoms with Gasteiger partial charge in [-0.25, -0.2) is 8.42 Å². The van der Waals surface area contributed by atoms with Crippen molar-refractivity contribution in [2.75, 3.05) is 28.5 Å². The number of likely N-dealkylation sites (tertiary alicyclic amines) is 1. The Labute approximate surface area is 243 Å². The number of nitrogens with zero attached hydrogens (tertiary/aromatic N) is 2. The Morgan fingerprint density at radius 3 is 2.46 bits per heavy atom. The monoisotopic (exact) mass is 666 g/mol. The summed E-state index contributed by atoms with van der Waals surface area (Å²) in [5.74, 6) is -1.40. The van der Waals surface area contributed by atoms with Gasteiger partial charge in [0, 0.05) is 23.1 Å². The average Bonchev–Trinajstić information content (AvgIpc) is 3.44. The molecule has 4 rings (SSSR count). The van der Waals surface area contributed by atoms with Crippen molar-refractivity contribution in [3.05, 3.63) is 57.7 Å². The van der Waals surface area contributed by atoms with E-state index in [2.05, 4.69) is 33.2 Å². The van der Waals surface area contributed by atoms with E-state index in [9.17, 15) is 22.8 Å². The number of fused-ring (bicyclic) bond motifs is 1. The number of hydrogen-bond acceptors (Lipinski definition) is 5. The lowest BCUT2D eigenvalue weighted by Crippen LogP contribution is -2.55. The van der Waals surface area contributed by atoms with Gasteiger partial charge in [0.1, 0.15) is 12.1 Å². The van der Waals surface area contributed by atoms with Gasteiger partial charge in [-0.15, -0.1) is 0 Å². The van der Waals surface area contributed by atoms with Crippen LogP contribution in [0, 0.1) is 3.57 Å². The zero-order chi connectivity index (χ0) is 28.0. The number of anilines is 2. The fraction of sp³-hybridized carbons (Fsp3) is 0.464. The van der Waals surface area contributed by atoms with E-state index in [4.69, 9.17) is 0 Å². The molecule has 3 amide bonds. The molecule has 9 nitrogen and oxygen atoms in total. The van der Waals surface area contributed by atoms with Crippen LogP contribution in [0.4, 0.5) is 11.4 Å². The highest BCUT2D eigenvalue weighted by atomic mass is 127. The van der Waals surface area contributed by atoms with E-state index >= 15 is 0 Å². The maximum absolute atomic E-state index is 13.5. The van der Waals surface area contributed by atoms with Gasteiger partial charge >= 0.3 is 0 Å². The molecule has 2 aromatic rings. The van der Waals surface area contributed by atoms with Crippen molar-refractivity contribution in [2.45, 2.75) is 64.0 Å². The molecule has 2 heterocycles. The molecule has 0 spiro atoms. The summed E-state index contributed by atoms with van der Waals surface area (Å²) in [5.41, 5.74) is 1.63. The maximum atomic E-state index is 13.5. The summed E-state index contributed by atoms with van der Waals surface area (Å²) >= 11 is 2.21. The van der Waals surface area contributed by atoms with Crippen LogP contribution in [-0.4, -0.2) is 62.0 Å². The molecule has 39 heavy (non-hydrogen) atoms. The number of amides is 3. The molecule has 210 valence electrons. The smallest absolute Gasteiger partial charge is 0.248 e. The number of nitrogens with one attached hydrogen (secondary N) is 2. The highest BCUT2D eigenvalue weighted by Gasteiger charge is 2.41. The fourth-order valence-electron chi connectivity index (χ4n) is 5.06. The van der Waals surface area contributed by atoms with E-state index in [-0.39, 0.29) is 11.7 Å². The Balaban J connectivity index is 1.57. The first-order valence-corrected chi connectivity index (χ1v) is 16.1. The van der Waals surface area contributed by atoms with Gasteiger partial charge < -0.3 is 15.5 Å². The summed E-state index contributed by atoms with van der Waals surface area (Å²) in [6, 6.07) is 12.4. The first kappa shape index (κ1) is 29.3. The molecule has 2 aliphatic rings. The molecule has 2 atom stereocenters.